The molecule has 0 spiro atoms. The molecule has 2 aliphatic carbocycles. The van der Waals surface area contributed by atoms with Gasteiger partial charge in [-0.25, -0.2) is 0 Å². The Kier molecular flexibility index (Phi) is 5.71. The van der Waals surface area contributed by atoms with Crippen LogP contribution in [0.4, 0.5) is 0 Å². The molecular weight excluding hydrogens is 424 g/mol. The standard InChI is InChI=1S/C29H30O3Si/c1-5-33(6-2)26-15-18-9-7-8-10-21(18)28(29(26)30)27-24-16-19(31-3)11-13-22(24)23-14-12-20(32-4)17-25(23)27/h7-14,16-17,27,30H,5-6,15H2,1-4H3. The molecule has 3 aromatic rings. The van der Waals surface area contributed by atoms with Gasteiger partial charge < -0.3 is 14.6 Å². The monoisotopic (exact) mass is 454 g/mol. The summed E-state index contributed by atoms with van der Waals surface area (Å²) in [6.45, 7) is 4.52. The molecule has 5 rings (SSSR count). The first-order chi connectivity index (χ1) is 16.1. The van der Waals surface area contributed by atoms with Crippen LogP contribution in [0.3, 0.4) is 0 Å². The van der Waals surface area contributed by atoms with Gasteiger partial charge in [0.25, 0.3) is 0 Å². The summed E-state index contributed by atoms with van der Waals surface area (Å²) >= 11 is 0. The number of ether oxygens (including phenoxy) is 2. The average Bonchev–Trinajstić information content (AvgIpc) is 3.17. The van der Waals surface area contributed by atoms with Crippen molar-refractivity contribution in [2.24, 2.45) is 0 Å². The second-order valence-electron chi connectivity index (χ2n) is 8.72. The average molecular weight is 455 g/mol. The number of aliphatic hydroxyl groups excluding tert-OH is 1. The van der Waals surface area contributed by atoms with E-state index in [0.29, 0.717) is 5.76 Å². The zero-order chi connectivity index (χ0) is 23.1. The SMILES string of the molecule is CC[Si](CC)=C1Cc2ccccc2C(C2c3cc(OC)ccc3-c3ccc(OC)cc32)=C1O. The normalized spacial score (nSPS) is 14.6. The summed E-state index contributed by atoms with van der Waals surface area (Å²) in [4.78, 5) is 0. The number of fused-ring (bicyclic) bond motifs is 4. The van der Waals surface area contributed by atoms with Crippen LogP contribution in [0.15, 0.2) is 66.4 Å². The molecule has 0 fully saturated rings. The van der Waals surface area contributed by atoms with Gasteiger partial charge in [0.15, 0.2) is 0 Å². The van der Waals surface area contributed by atoms with E-state index in [1.807, 2.05) is 12.1 Å². The predicted octanol–water partition coefficient (Wildman–Crippen LogP) is 6.63. The van der Waals surface area contributed by atoms with E-state index in [2.05, 4.69) is 62.4 Å². The molecule has 0 radical (unpaired) electrons. The van der Waals surface area contributed by atoms with E-state index in [-0.39, 0.29) is 5.92 Å². The van der Waals surface area contributed by atoms with Gasteiger partial charge in [0.2, 0.25) is 0 Å². The van der Waals surface area contributed by atoms with Crippen molar-refractivity contribution >= 4 is 19.2 Å². The van der Waals surface area contributed by atoms with Crippen LogP contribution in [0.1, 0.15) is 42.0 Å². The Morgan fingerprint density at radius 3 is 1.94 bits per heavy atom. The van der Waals surface area contributed by atoms with Crippen molar-refractivity contribution in [1.29, 1.82) is 0 Å². The van der Waals surface area contributed by atoms with Crippen LogP contribution < -0.4 is 9.47 Å². The second-order valence-corrected chi connectivity index (χ2v) is 11.9. The fraction of sp³-hybridized carbons (Fsp3) is 0.276. The van der Waals surface area contributed by atoms with E-state index in [0.717, 1.165) is 41.1 Å². The Hall–Kier alpha value is -3.11. The molecule has 3 nitrogen and oxygen atoms in total. The van der Waals surface area contributed by atoms with Gasteiger partial charge in [-0.15, -0.1) is 0 Å². The molecule has 3 aromatic carbocycles. The Labute approximate surface area is 197 Å². The van der Waals surface area contributed by atoms with Crippen LogP contribution in [0.2, 0.25) is 12.1 Å². The third-order valence-corrected chi connectivity index (χ3v) is 10.2. The molecule has 0 unspecified atom stereocenters. The Morgan fingerprint density at radius 2 is 1.39 bits per heavy atom. The highest BCUT2D eigenvalue weighted by molar-refractivity contribution is 6.74. The van der Waals surface area contributed by atoms with Gasteiger partial charge in [0.1, 0.15) is 17.3 Å². The van der Waals surface area contributed by atoms with E-state index in [9.17, 15) is 5.11 Å². The van der Waals surface area contributed by atoms with Gasteiger partial charge in [-0.3, -0.25) is 0 Å². The Balaban J connectivity index is 1.85. The number of hydrogen-bond donors (Lipinski definition) is 1. The van der Waals surface area contributed by atoms with Crippen molar-refractivity contribution < 1.29 is 14.6 Å². The predicted molar refractivity (Wildman–Crippen MR) is 138 cm³/mol. The summed E-state index contributed by atoms with van der Waals surface area (Å²) in [5.74, 6) is 2.10. The molecule has 0 aliphatic heterocycles. The summed E-state index contributed by atoms with van der Waals surface area (Å²) < 4.78 is 11.2. The molecule has 0 saturated carbocycles. The maximum atomic E-state index is 11.9. The number of methoxy groups -OCH3 is 2. The lowest BCUT2D eigenvalue weighted by Gasteiger charge is -2.29. The molecule has 0 saturated heterocycles. The number of allylic oxidation sites excluding steroid dienone is 2. The summed E-state index contributed by atoms with van der Waals surface area (Å²) in [6, 6.07) is 23.4. The largest absolute Gasteiger partial charge is 0.508 e. The van der Waals surface area contributed by atoms with Crippen molar-refractivity contribution in [3.8, 4) is 22.6 Å². The fourth-order valence-electron chi connectivity index (χ4n) is 5.55. The fourth-order valence-corrected chi connectivity index (χ4v) is 7.81. The summed E-state index contributed by atoms with van der Waals surface area (Å²) in [7, 11) is 2.62. The van der Waals surface area contributed by atoms with Crippen LogP contribution in [-0.2, 0) is 6.42 Å². The van der Waals surface area contributed by atoms with Crippen molar-refractivity contribution in [3.05, 3.63) is 88.7 Å². The third-order valence-electron chi connectivity index (χ3n) is 7.21. The van der Waals surface area contributed by atoms with Gasteiger partial charge >= 0.3 is 0 Å². The molecule has 168 valence electrons. The van der Waals surface area contributed by atoms with E-state index in [4.69, 9.17) is 9.47 Å². The molecular formula is C29H30O3Si. The highest BCUT2D eigenvalue weighted by atomic mass is 28.2. The van der Waals surface area contributed by atoms with Crippen LogP contribution >= 0.6 is 0 Å². The lowest BCUT2D eigenvalue weighted by atomic mass is 9.78. The third kappa shape index (κ3) is 3.44. The first-order valence-corrected chi connectivity index (χ1v) is 13.6. The molecule has 1 N–H and O–H groups in total. The van der Waals surface area contributed by atoms with E-state index >= 15 is 0 Å². The molecule has 33 heavy (non-hydrogen) atoms. The smallest absolute Gasteiger partial charge is 0.119 e. The Bertz CT molecular complexity index is 1240. The first kappa shape index (κ1) is 21.7. The minimum Gasteiger partial charge on any atom is -0.508 e. The maximum Gasteiger partial charge on any atom is 0.119 e. The minimum atomic E-state index is -0.795. The summed E-state index contributed by atoms with van der Waals surface area (Å²) in [5.41, 5.74) is 8.23. The van der Waals surface area contributed by atoms with Crippen molar-refractivity contribution in [1.82, 2.24) is 0 Å². The molecule has 0 aromatic heterocycles. The lowest BCUT2D eigenvalue weighted by Crippen LogP contribution is -2.26. The summed E-state index contributed by atoms with van der Waals surface area (Å²) in [6.07, 6.45) is 0.851. The molecule has 0 heterocycles. The first-order valence-electron chi connectivity index (χ1n) is 11.7. The van der Waals surface area contributed by atoms with E-state index in [1.54, 1.807) is 14.2 Å². The van der Waals surface area contributed by atoms with Gasteiger partial charge in [0.05, 0.1) is 14.2 Å². The van der Waals surface area contributed by atoms with Gasteiger partial charge in [-0.1, -0.05) is 50.2 Å². The van der Waals surface area contributed by atoms with E-state index < -0.39 is 8.41 Å². The van der Waals surface area contributed by atoms with Gasteiger partial charge in [0, 0.05) is 19.9 Å². The molecule has 4 heteroatoms. The topological polar surface area (TPSA) is 38.7 Å². The zero-order valence-corrected chi connectivity index (χ0v) is 20.7. The number of hydrogen-bond acceptors (Lipinski definition) is 3. The zero-order valence-electron chi connectivity index (χ0n) is 19.7. The van der Waals surface area contributed by atoms with E-state index in [1.165, 1.54) is 33.0 Å². The van der Waals surface area contributed by atoms with Crippen molar-refractivity contribution in [3.63, 3.8) is 0 Å². The second kappa shape index (κ2) is 8.68. The lowest BCUT2D eigenvalue weighted by molar-refractivity contribution is 0.414. The van der Waals surface area contributed by atoms with Crippen molar-refractivity contribution in [2.45, 2.75) is 38.3 Å². The Morgan fingerprint density at radius 1 is 0.818 bits per heavy atom. The highest BCUT2D eigenvalue weighted by Gasteiger charge is 2.37. The van der Waals surface area contributed by atoms with Crippen LogP contribution in [-0.4, -0.2) is 32.9 Å². The maximum absolute atomic E-state index is 11.9. The quantitative estimate of drug-likeness (QED) is 0.440. The number of aliphatic hydroxyl groups is 1. The van der Waals surface area contributed by atoms with Gasteiger partial charge in [-0.05, 0) is 81.3 Å². The highest BCUT2D eigenvalue weighted by Crippen LogP contribution is 2.54. The van der Waals surface area contributed by atoms with Crippen molar-refractivity contribution in [2.75, 3.05) is 14.2 Å². The molecule has 0 bridgehead atoms. The molecule has 2 aliphatic rings. The molecule has 0 atom stereocenters. The van der Waals surface area contributed by atoms with Gasteiger partial charge in [-0.2, -0.15) is 0 Å². The van der Waals surface area contributed by atoms with Crippen LogP contribution in [0, 0.1) is 0 Å². The van der Waals surface area contributed by atoms with Crippen LogP contribution in [0.5, 0.6) is 11.5 Å². The molecule has 0 amide bonds. The number of rotatable bonds is 5. The minimum absolute atomic E-state index is 0.0754. The van der Waals surface area contributed by atoms with Crippen LogP contribution in [0.25, 0.3) is 16.7 Å². The summed E-state index contributed by atoms with van der Waals surface area (Å²) in [5, 5.41) is 13.1. The number of benzene rings is 3.